The molecule has 94 valence electrons. The number of nitrogens with one attached hydrogen (secondary N) is 1. The van der Waals surface area contributed by atoms with Gasteiger partial charge in [0.15, 0.2) is 0 Å². The molecule has 1 saturated heterocycles. The van der Waals surface area contributed by atoms with Crippen molar-refractivity contribution in [1.29, 1.82) is 0 Å². The molecular weight excluding hydrogens is 229 g/mol. The van der Waals surface area contributed by atoms with Gasteiger partial charge in [-0.2, -0.15) is 5.10 Å². The summed E-state index contributed by atoms with van der Waals surface area (Å²) in [6.07, 6.45) is 2.87. The van der Waals surface area contributed by atoms with E-state index in [-0.39, 0.29) is 0 Å². The van der Waals surface area contributed by atoms with Crippen molar-refractivity contribution >= 4 is 10.9 Å². The summed E-state index contributed by atoms with van der Waals surface area (Å²) in [6, 6.07) is 6.41. The van der Waals surface area contributed by atoms with Gasteiger partial charge in [0.1, 0.15) is 6.17 Å². The molecule has 2 fully saturated rings. The number of fused-ring (bicyclic) bond motifs is 1. The fourth-order valence-corrected chi connectivity index (χ4v) is 3.49. The number of aromatic nitrogens is 2. The summed E-state index contributed by atoms with van der Waals surface area (Å²) in [7, 11) is 0. The number of halogens is 1. The molecule has 0 bridgehead atoms. The molecule has 3 nitrogen and oxygen atoms in total. The van der Waals surface area contributed by atoms with Crippen LogP contribution in [0.15, 0.2) is 24.4 Å². The zero-order chi connectivity index (χ0) is 12.2. The van der Waals surface area contributed by atoms with Gasteiger partial charge in [-0.3, -0.25) is 10.00 Å². The van der Waals surface area contributed by atoms with Crippen molar-refractivity contribution in [2.45, 2.75) is 25.6 Å². The molecule has 1 aliphatic carbocycles. The van der Waals surface area contributed by atoms with E-state index in [1.807, 2.05) is 6.20 Å². The Bertz CT molecular complexity index is 577. The van der Waals surface area contributed by atoms with Gasteiger partial charge < -0.3 is 0 Å². The van der Waals surface area contributed by atoms with E-state index in [4.69, 9.17) is 0 Å². The van der Waals surface area contributed by atoms with Crippen molar-refractivity contribution in [1.82, 2.24) is 15.1 Å². The van der Waals surface area contributed by atoms with Crippen LogP contribution in [0.2, 0.25) is 0 Å². The highest BCUT2D eigenvalue weighted by Gasteiger charge is 2.52. The van der Waals surface area contributed by atoms with Crippen LogP contribution in [0.1, 0.15) is 18.4 Å². The van der Waals surface area contributed by atoms with Crippen molar-refractivity contribution in [2.75, 3.05) is 13.1 Å². The van der Waals surface area contributed by atoms with Gasteiger partial charge in [-0.1, -0.05) is 12.1 Å². The molecule has 4 heteroatoms. The maximum absolute atomic E-state index is 12.9. The van der Waals surface area contributed by atoms with E-state index in [1.54, 1.807) is 0 Å². The summed E-state index contributed by atoms with van der Waals surface area (Å²) in [5, 5.41) is 8.18. The summed E-state index contributed by atoms with van der Waals surface area (Å²) in [5.41, 5.74) is 2.73. The summed E-state index contributed by atoms with van der Waals surface area (Å²) in [6.45, 7) is 3.09. The lowest BCUT2D eigenvalue weighted by Crippen LogP contribution is -2.62. The van der Waals surface area contributed by atoms with Gasteiger partial charge in [-0.25, -0.2) is 4.39 Å². The Labute approximate surface area is 105 Å². The molecule has 0 atom stereocenters. The SMILES string of the molecule is FC1CC2(C1)CN(Cc1ccc3cn[nH]c3c1)C2. The van der Waals surface area contributed by atoms with Gasteiger partial charge in [0, 0.05) is 30.4 Å². The number of likely N-dealkylation sites (tertiary alicyclic amines) is 1. The normalized spacial score (nSPS) is 23.2. The summed E-state index contributed by atoms with van der Waals surface area (Å²) in [4.78, 5) is 2.41. The quantitative estimate of drug-likeness (QED) is 0.881. The number of H-pyrrole nitrogens is 1. The predicted molar refractivity (Wildman–Crippen MR) is 67.9 cm³/mol. The monoisotopic (exact) mass is 245 g/mol. The Hall–Kier alpha value is -1.42. The number of hydrogen-bond acceptors (Lipinski definition) is 2. The standard InChI is InChI=1S/C14H16FN3/c15-12-4-14(5-12)8-18(9-14)7-10-1-2-11-6-16-17-13(11)3-10/h1-3,6,12H,4-5,7-9H2,(H,16,17). The van der Waals surface area contributed by atoms with Crippen molar-refractivity contribution in [3.05, 3.63) is 30.0 Å². The minimum atomic E-state index is -0.534. The Kier molecular flexibility index (Phi) is 2.07. The van der Waals surface area contributed by atoms with Crippen molar-refractivity contribution in [2.24, 2.45) is 5.41 Å². The molecule has 2 aromatic rings. The molecule has 1 spiro atoms. The molecule has 0 amide bonds. The summed E-state index contributed by atoms with van der Waals surface area (Å²) < 4.78 is 12.9. The lowest BCUT2D eigenvalue weighted by Gasteiger charge is -2.57. The van der Waals surface area contributed by atoms with Crippen LogP contribution in [0.4, 0.5) is 4.39 Å². The van der Waals surface area contributed by atoms with E-state index in [2.05, 4.69) is 33.3 Å². The number of benzene rings is 1. The molecule has 1 aliphatic heterocycles. The molecule has 2 heterocycles. The minimum absolute atomic E-state index is 0.331. The van der Waals surface area contributed by atoms with Crippen LogP contribution >= 0.6 is 0 Å². The molecule has 1 aromatic carbocycles. The zero-order valence-corrected chi connectivity index (χ0v) is 10.2. The van der Waals surface area contributed by atoms with Gasteiger partial charge in [-0.15, -0.1) is 0 Å². The largest absolute Gasteiger partial charge is 0.298 e. The summed E-state index contributed by atoms with van der Waals surface area (Å²) >= 11 is 0. The highest BCUT2D eigenvalue weighted by atomic mass is 19.1. The van der Waals surface area contributed by atoms with Crippen LogP contribution in [0.5, 0.6) is 0 Å². The average molecular weight is 245 g/mol. The Morgan fingerprint density at radius 1 is 1.39 bits per heavy atom. The Balaban J connectivity index is 1.43. The molecule has 18 heavy (non-hydrogen) atoms. The van der Waals surface area contributed by atoms with E-state index in [1.165, 1.54) is 5.56 Å². The van der Waals surface area contributed by atoms with E-state index in [0.717, 1.165) is 43.4 Å². The molecule has 1 aromatic heterocycles. The third kappa shape index (κ3) is 1.56. The van der Waals surface area contributed by atoms with Gasteiger partial charge in [0.25, 0.3) is 0 Å². The number of nitrogens with zero attached hydrogens (tertiary/aromatic N) is 2. The molecule has 0 unspecified atom stereocenters. The molecule has 1 saturated carbocycles. The van der Waals surface area contributed by atoms with Gasteiger partial charge in [0.2, 0.25) is 0 Å². The second-order valence-electron chi connectivity index (χ2n) is 5.94. The van der Waals surface area contributed by atoms with Crippen molar-refractivity contribution in [3.63, 3.8) is 0 Å². The number of rotatable bonds is 2. The fraction of sp³-hybridized carbons (Fsp3) is 0.500. The fourth-order valence-electron chi connectivity index (χ4n) is 3.49. The number of hydrogen-bond donors (Lipinski definition) is 1. The molecule has 1 N–H and O–H groups in total. The maximum atomic E-state index is 12.9. The lowest BCUT2D eigenvalue weighted by atomic mass is 9.62. The lowest BCUT2D eigenvalue weighted by molar-refractivity contribution is -0.105. The molecular formula is C14H16FN3. The first-order valence-electron chi connectivity index (χ1n) is 6.51. The third-order valence-electron chi connectivity index (χ3n) is 4.34. The smallest absolute Gasteiger partial charge is 0.101 e. The highest BCUT2D eigenvalue weighted by Crippen LogP contribution is 2.49. The molecule has 4 rings (SSSR count). The number of alkyl halides is 1. The van der Waals surface area contributed by atoms with Gasteiger partial charge >= 0.3 is 0 Å². The van der Waals surface area contributed by atoms with Gasteiger partial charge in [0.05, 0.1) is 11.7 Å². The first kappa shape index (κ1) is 10.5. The van der Waals surface area contributed by atoms with E-state index >= 15 is 0 Å². The van der Waals surface area contributed by atoms with Gasteiger partial charge in [-0.05, 0) is 24.5 Å². The Morgan fingerprint density at radius 2 is 2.22 bits per heavy atom. The first-order chi connectivity index (χ1) is 8.72. The second-order valence-corrected chi connectivity index (χ2v) is 5.94. The van der Waals surface area contributed by atoms with Crippen LogP contribution in [0.25, 0.3) is 10.9 Å². The maximum Gasteiger partial charge on any atom is 0.101 e. The van der Waals surface area contributed by atoms with Crippen LogP contribution in [-0.4, -0.2) is 34.4 Å². The number of aromatic amines is 1. The zero-order valence-electron chi connectivity index (χ0n) is 10.2. The van der Waals surface area contributed by atoms with E-state index < -0.39 is 6.17 Å². The topological polar surface area (TPSA) is 31.9 Å². The predicted octanol–water partition coefficient (Wildman–Crippen LogP) is 2.50. The second kappa shape index (κ2) is 3.54. The van der Waals surface area contributed by atoms with Crippen LogP contribution in [-0.2, 0) is 6.54 Å². The van der Waals surface area contributed by atoms with Crippen molar-refractivity contribution < 1.29 is 4.39 Å². The van der Waals surface area contributed by atoms with E-state index in [9.17, 15) is 4.39 Å². The molecule has 2 aliphatic rings. The third-order valence-corrected chi connectivity index (χ3v) is 4.34. The van der Waals surface area contributed by atoms with E-state index in [0.29, 0.717) is 5.41 Å². The Morgan fingerprint density at radius 3 is 3.00 bits per heavy atom. The first-order valence-corrected chi connectivity index (χ1v) is 6.51. The van der Waals surface area contributed by atoms with Crippen LogP contribution < -0.4 is 0 Å². The average Bonchev–Trinajstić information content (AvgIpc) is 2.71. The van der Waals surface area contributed by atoms with Crippen LogP contribution in [0, 0.1) is 5.41 Å². The van der Waals surface area contributed by atoms with Crippen molar-refractivity contribution in [3.8, 4) is 0 Å². The highest BCUT2D eigenvalue weighted by molar-refractivity contribution is 5.78. The summed E-state index contributed by atoms with van der Waals surface area (Å²) in [5.74, 6) is 0. The van der Waals surface area contributed by atoms with Crippen LogP contribution in [0.3, 0.4) is 0 Å². The minimum Gasteiger partial charge on any atom is -0.298 e. The molecule has 0 radical (unpaired) electrons.